The summed E-state index contributed by atoms with van der Waals surface area (Å²) in [5, 5.41) is 3.31. The van der Waals surface area contributed by atoms with E-state index in [-0.39, 0.29) is 5.78 Å². The molecule has 1 aliphatic rings. The van der Waals surface area contributed by atoms with E-state index in [1.54, 1.807) is 6.20 Å². The van der Waals surface area contributed by atoms with Gasteiger partial charge in [-0.2, -0.15) is 0 Å². The number of hydrogen-bond acceptors (Lipinski definition) is 4. The molecular weight excluding hydrogens is 214 g/mol. The fourth-order valence-corrected chi connectivity index (χ4v) is 2.29. The Hall–Kier alpha value is -1.42. The van der Waals surface area contributed by atoms with Crippen LogP contribution < -0.4 is 11.1 Å². The third-order valence-corrected chi connectivity index (χ3v) is 3.29. The lowest BCUT2D eigenvalue weighted by atomic mass is 9.91. The molecule has 4 nitrogen and oxygen atoms in total. The molecule has 1 saturated heterocycles. The summed E-state index contributed by atoms with van der Waals surface area (Å²) in [7, 11) is 0. The Balaban J connectivity index is 1.86. The Morgan fingerprint density at radius 2 is 2.24 bits per heavy atom. The topological polar surface area (TPSA) is 68.0 Å². The van der Waals surface area contributed by atoms with Crippen LogP contribution in [0.4, 0.5) is 5.82 Å². The lowest BCUT2D eigenvalue weighted by Crippen LogP contribution is -2.29. The van der Waals surface area contributed by atoms with Crippen molar-refractivity contribution in [1.82, 2.24) is 10.3 Å². The zero-order chi connectivity index (χ0) is 12.1. The first-order valence-corrected chi connectivity index (χ1v) is 6.17. The molecule has 0 amide bonds. The molecule has 0 spiro atoms. The quantitative estimate of drug-likeness (QED) is 0.819. The van der Waals surface area contributed by atoms with Gasteiger partial charge in [0.15, 0.2) is 0 Å². The number of anilines is 1. The number of ketones is 1. The van der Waals surface area contributed by atoms with Crippen LogP contribution in [0.25, 0.3) is 0 Å². The number of piperidine rings is 1. The molecule has 0 radical (unpaired) electrons. The maximum atomic E-state index is 11.9. The van der Waals surface area contributed by atoms with Crippen molar-refractivity contribution in [3.63, 3.8) is 0 Å². The Bertz CT molecular complexity index is 386. The van der Waals surface area contributed by atoms with Crippen LogP contribution in [-0.2, 0) is 11.2 Å². The van der Waals surface area contributed by atoms with Crippen molar-refractivity contribution in [2.45, 2.75) is 25.7 Å². The van der Waals surface area contributed by atoms with Gasteiger partial charge in [-0.3, -0.25) is 4.79 Å². The number of carbonyl (C=O) groups excluding carboxylic acids is 1. The van der Waals surface area contributed by atoms with Gasteiger partial charge in [-0.05, 0) is 37.9 Å². The first kappa shape index (κ1) is 12.0. The van der Waals surface area contributed by atoms with Gasteiger partial charge in [-0.1, -0.05) is 6.07 Å². The molecule has 3 N–H and O–H groups in total. The first-order valence-electron chi connectivity index (χ1n) is 6.17. The Kier molecular flexibility index (Phi) is 4.09. The normalized spacial score (nSPS) is 16.9. The number of pyridine rings is 1. The third-order valence-electron chi connectivity index (χ3n) is 3.29. The van der Waals surface area contributed by atoms with Crippen molar-refractivity contribution in [1.29, 1.82) is 0 Å². The largest absolute Gasteiger partial charge is 0.383 e. The molecule has 1 aromatic rings. The monoisotopic (exact) mass is 233 g/mol. The molecule has 17 heavy (non-hydrogen) atoms. The van der Waals surface area contributed by atoms with Crippen molar-refractivity contribution in [2.24, 2.45) is 5.92 Å². The number of carbonyl (C=O) groups is 1. The van der Waals surface area contributed by atoms with Crippen LogP contribution >= 0.6 is 0 Å². The van der Waals surface area contributed by atoms with Crippen LogP contribution in [0, 0.1) is 5.92 Å². The highest BCUT2D eigenvalue weighted by Gasteiger charge is 2.17. The molecule has 0 saturated carbocycles. The minimum absolute atomic E-state index is 0.275. The molecule has 1 fully saturated rings. The fraction of sp³-hybridized carbons (Fsp3) is 0.538. The molecule has 0 bridgehead atoms. The van der Waals surface area contributed by atoms with Crippen molar-refractivity contribution in [3.8, 4) is 0 Å². The van der Waals surface area contributed by atoms with Crippen molar-refractivity contribution >= 4 is 11.6 Å². The van der Waals surface area contributed by atoms with Gasteiger partial charge in [0.2, 0.25) is 0 Å². The summed E-state index contributed by atoms with van der Waals surface area (Å²) in [4.78, 5) is 15.9. The van der Waals surface area contributed by atoms with E-state index in [4.69, 9.17) is 5.73 Å². The van der Waals surface area contributed by atoms with Crippen LogP contribution in [0.2, 0.25) is 0 Å². The van der Waals surface area contributed by atoms with Gasteiger partial charge in [0.1, 0.15) is 11.6 Å². The summed E-state index contributed by atoms with van der Waals surface area (Å²) in [6, 6.07) is 3.70. The van der Waals surface area contributed by atoms with Gasteiger partial charge in [0, 0.05) is 24.6 Å². The molecular formula is C13H19N3O. The zero-order valence-corrected chi connectivity index (χ0v) is 9.98. The first-order chi connectivity index (χ1) is 8.25. The standard InChI is InChI=1S/C13H19N3O/c14-13-11(2-1-5-16-13)9-12(17)8-10-3-6-15-7-4-10/h1-2,5,10,15H,3-4,6-9H2,(H2,14,16). The smallest absolute Gasteiger partial charge is 0.137 e. The van der Waals surface area contributed by atoms with Crippen LogP contribution in [0.1, 0.15) is 24.8 Å². The van der Waals surface area contributed by atoms with Gasteiger partial charge in [-0.25, -0.2) is 4.98 Å². The molecule has 0 aliphatic carbocycles. The average Bonchev–Trinajstić information content (AvgIpc) is 2.33. The molecule has 92 valence electrons. The number of nitrogen functional groups attached to an aromatic ring is 1. The second-order valence-corrected chi connectivity index (χ2v) is 4.66. The zero-order valence-electron chi connectivity index (χ0n) is 9.98. The SMILES string of the molecule is Nc1ncccc1CC(=O)CC1CCNCC1. The summed E-state index contributed by atoms with van der Waals surface area (Å²) >= 11 is 0. The van der Waals surface area contributed by atoms with E-state index in [2.05, 4.69) is 10.3 Å². The summed E-state index contributed by atoms with van der Waals surface area (Å²) in [5.41, 5.74) is 6.58. The second kappa shape index (κ2) is 5.77. The summed E-state index contributed by atoms with van der Waals surface area (Å²) in [6.45, 7) is 2.07. The third kappa shape index (κ3) is 3.53. The molecule has 1 aromatic heterocycles. The molecule has 4 heteroatoms. The Labute approximate surface area is 102 Å². The van der Waals surface area contributed by atoms with Crippen LogP contribution in [0.3, 0.4) is 0 Å². The number of rotatable bonds is 4. The Morgan fingerprint density at radius 3 is 2.94 bits per heavy atom. The number of nitrogens with two attached hydrogens (primary N) is 1. The minimum atomic E-state index is 0.275. The van der Waals surface area contributed by atoms with Gasteiger partial charge < -0.3 is 11.1 Å². The Morgan fingerprint density at radius 1 is 1.47 bits per heavy atom. The van der Waals surface area contributed by atoms with E-state index in [9.17, 15) is 4.79 Å². The van der Waals surface area contributed by atoms with Gasteiger partial charge >= 0.3 is 0 Å². The van der Waals surface area contributed by atoms with Crippen LogP contribution in [0.5, 0.6) is 0 Å². The predicted octanol–water partition coefficient (Wildman–Crippen LogP) is 1.17. The highest BCUT2D eigenvalue weighted by atomic mass is 16.1. The van der Waals surface area contributed by atoms with Crippen molar-refractivity contribution in [2.75, 3.05) is 18.8 Å². The molecule has 2 rings (SSSR count). The summed E-state index contributed by atoms with van der Waals surface area (Å²) in [6.07, 6.45) is 4.96. The van der Waals surface area contributed by atoms with Gasteiger partial charge in [0.25, 0.3) is 0 Å². The molecule has 1 aliphatic heterocycles. The van der Waals surface area contributed by atoms with Gasteiger partial charge in [0.05, 0.1) is 0 Å². The maximum Gasteiger partial charge on any atom is 0.137 e. The minimum Gasteiger partial charge on any atom is -0.383 e. The molecule has 0 unspecified atom stereocenters. The van der Waals surface area contributed by atoms with E-state index in [1.165, 1.54) is 0 Å². The van der Waals surface area contributed by atoms with E-state index in [1.807, 2.05) is 12.1 Å². The van der Waals surface area contributed by atoms with Crippen molar-refractivity contribution < 1.29 is 4.79 Å². The molecule has 0 aromatic carbocycles. The van der Waals surface area contributed by atoms with E-state index >= 15 is 0 Å². The fourth-order valence-electron chi connectivity index (χ4n) is 2.29. The predicted molar refractivity (Wildman–Crippen MR) is 67.6 cm³/mol. The highest BCUT2D eigenvalue weighted by molar-refractivity contribution is 5.82. The number of nitrogens with zero attached hydrogens (tertiary/aromatic N) is 1. The van der Waals surface area contributed by atoms with E-state index in [0.29, 0.717) is 24.6 Å². The summed E-state index contributed by atoms with van der Waals surface area (Å²) in [5.74, 6) is 1.30. The number of aromatic nitrogens is 1. The van der Waals surface area contributed by atoms with E-state index in [0.717, 1.165) is 31.5 Å². The second-order valence-electron chi connectivity index (χ2n) is 4.66. The van der Waals surface area contributed by atoms with Gasteiger partial charge in [-0.15, -0.1) is 0 Å². The lowest BCUT2D eigenvalue weighted by molar-refractivity contribution is -0.119. The maximum absolute atomic E-state index is 11.9. The average molecular weight is 233 g/mol. The van der Waals surface area contributed by atoms with E-state index < -0.39 is 0 Å². The van der Waals surface area contributed by atoms with Crippen LogP contribution in [0.15, 0.2) is 18.3 Å². The van der Waals surface area contributed by atoms with Crippen LogP contribution in [-0.4, -0.2) is 23.9 Å². The number of Topliss-reactive ketones (excluding diaryl/α,β-unsaturated/α-hetero) is 1. The number of hydrogen-bond donors (Lipinski definition) is 2. The summed E-state index contributed by atoms with van der Waals surface area (Å²) < 4.78 is 0. The highest BCUT2D eigenvalue weighted by Crippen LogP contribution is 2.18. The molecule has 0 atom stereocenters. The lowest BCUT2D eigenvalue weighted by Gasteiger charge is -2.21. The number of nitrogens with one attached hydrogen (secondary N) is 1. The molecule has 2 heterocycles. The van der Waals surface area contributed by atoms with Crippen molar-refractivity contribution in [3.05, 3.63) is 23.9 Å².